The van der Waals surface area contributed by atoms with Gasteiger partial charge in [0.15, 0.2) is 0 Å². The summed E-state index contributed by atoms with van der Waals surface area (Å²) < 4.78 is 13.5. The quantitative estimate of drug-likeness (QED) is 0.905. The van der Waals surface area contributed by atoms with Gasteiger partial charge in [-0.2, -0.15) is 0 Å². The Balaban J connectivity index is 0.00000225. The maximum Gasteiger partial charge on any atom is 0.238 e. The number of hydrogen-bond acceptors (Lipinski definition) is 3. The normalized spacial score (nSPS) is 14.7. The molecule has 6 heteroatoms. The molecule has 0 aromatic heterocycles. The smallest absolute Gasteiger partial charge is 0.238 e. The maximum absolute atomic E-state index is 13.5. The van der Waals surface area contributed by atoms with Crippen molar-refractivity contribution in [3.05, 3.63) is 59.9 Å². The third kappa shape index (κ3) is 5.18. The molecule has 0 unspecified atom stereocenters. The average molecular weight is 364 g/mol. The van der Waals surface area contributed by atoms with Gasteiger partial charge < -0.3 is 10.2 Å². The summed E-state index contributed by atoms with van der Waals surface area (Å²) in [6.07, 6.45) is 0. The molecule has 0 saturated carbocycles. The Hall–Kier alpha value is -2.11. The second kappa shape index (κ2) is 8.83. The van der Waals surface area contributed by atoms with E-state index in [4.69, 9.17) is 0 Å². The third-order valence-electron chi connectivity index (χ3n) is 4.32. The average Bonchev–Trinajstić information content (AvgIpc) is 2.59. The minimum absolute atomic E-state index is 0. The number of piperazine rings is 1. The Morgan fingerprint density at radius 1 is 1.08 bits per heavy atom. The summed E-state index contributed by atoms with van der Waals surface area (Å²) in [7, 11) is 0. The van der Waals surface area contributed by atoms with Gasteiger partial charge in [0, 0.05) is 37.6 Å². The van der Waals surface area contributed by atoms with Crippen LogP contribution < -0.4 is 10.2 Å². The number of amides is 1. The maximum atomic E-state index is 13.5. The number of carbonyl (C=O) groups is 1. The predicted molar refractivity (Wildman–Crippen MR) is 102 cm³/mol. The Kier molecular flexibility index (Phi) is 6.79. The van der Waals surface area contributed by atoms with Gasteiger partial charge in [0.05, 0.1) is 6.54 Å². The summed E-state index contributed by atoms with van der Waals surface area (Å²) in [6, 6.07) is 15.1. The molecule has 2 aromatic rings. The van der Waals surface area contributed by atoms with Crippen LogP contribution in [0.4, 0.5) is 15.8 Å². The minimum atomic E-state index is -0.302. The molecule has 4 nitrogen and oxygen atoms in total. The van der Waals surface area contributed by atoms with Gasteiger partial charge in [-0.15, -0.1) is 12.4 Å². The SMILES string of the molecule is Cc1ccc(NC(=O)CN2CCN(c3ccccc3)CC2)cc1F.Cl. The van der Waals surface area contributed by atoms with Crippen molar-refractivity contribution in [2.24, 2.45) is 0 Å². The van der Waals surface area contributed by atoms with Crippen LogP contribution in [0.2, 0.25) is 0 Å². The molecule has 0 aliphatic carbocycles. The van der Waals surface area contributed by atoms with Crippen molar-refractivity contribution in [2.45, 2.75) is 6.92 Å². The van der Waals surface area contributed by atoms with E-state index in [0.29, 0.717) is 17.8 Å². The molecule has 25 heavy (non-hydrogen) atoms. The number of nitrogens with zero attached hydrogens (tertiary/aromatic N) is 2. The molecule has 1 fully saturated rings. The van der Waals surface area contributed by atoms with E-state index < -0.39 is 0 Å². The van der Waals surface area contributed by atoms with Crippen LogP contribution in [0.25, 0.3) is 0 Å². The highest BCUT2D eigenvalue weighted by atomic mass is 35.5. The largest absolute Gasteiger partial charge is 0.369 e. The second-order valence-electron chi connectivity index (χ2n) is 6.11. The van der Waals surface area contributed by atoms with Crippen molar-refractivity contribution in [1.82, 2.24) is 4.90 Å². The Morgan fingerprint density at radius 3 is 2.40 bits per heavy atom. The Labute approximate surface area is 154 Å². The van der Waals surface area contributed by atoms with E-state index in [1.807, 2.05) is 18.2 Å². The summed E-state index contributed by atoms with van der Waals surface area (Å²) in [5.41, 5.74) is 2.30. The van der Waals surface area contributed by atoms with Crippen LogP contribution in [0.1, 0.15) is 5.56 Å². The van der Waals surface area contributed by atoms with Crippen molar-refractivity contribution in [3.8, 4) is 0 Å². The van der Waals surface area contributed by atoms with Gasteiger partial charge >= 0.3 is 0 Å². The van der Waals surface area contributed by atoms with Gasteiger partial charge in [-0.05, 0) is 36.8 Å². The molecule has 3 rings (SSSR count). The van der Waals surface area contributed by atoms with E-state index in [0.717, 1.165) is 26.2 Å². The highest BCUT2D eigenvalue weighted by Crippen LogP contribution is 2.16. The fourth-order valence-electron chi connectivity index (χ4n) is 2.88. The number of hydrogen-bond donors (Lipinski definition) is 1. The first-order chi connectivity index (χ1) is 11.6. The van der Waals surface area contributed by atoms with Gasteiger partial charge in [0.1, 0.15) is 5.82 Å². The van der Waals surface area contributed by atoms with Gasteiger partial charge in [0.2, 0.25) is 5.91 Å². The first-order valence-corrected chi connectivity index (χ1v) is 8.20. The minimum Gasteiger partial charge on any atom is -0.369 e. The molecule has 1 heterocycles. The van der Waals surface area contributed by atoms with Gasteiger partial charge in [0.25, 0.3) is 0 Å². The molecule has 0 radical (unpaired) electrons. The highest BCUT2D eigenvalue weighted by molar-refractivity contribution is 5.92. The van der Waals surface area contributed by atoms with E-state index in [1.165, 1.54) is 11.8 Å². The topological polar surface area (TPSA) is 35.6 Å². The zero-order valence-electron chi connectivity index (χ0n) is 14.2. The van der Waals surface area contributed by atoms with Crippen molar-refractivity contribution in [1.29, 1.82) is 0 Å². The van der Waals surface area contributed by atoms with Gasteiger partial charge in [-0.25, -0.2) is 4.39 Å². The molecular formula is C19H23ClFN3O. The predicted octanol–water partition coefficient (Wildman–Crippen LogP) is 3.32. The van der Waals surface area contributed by atoms with Crippen molar-refractivity contribution < 1.29 is 9.18 Å². The van der Waals surface area contributed by atoms with Gasteiger partial charge in [-0.3, -0.25) is 9.69 Å². The fraction of sp³-hybridized carbons (Fsp3) is 0.316. The first kappa shape index (κ1) is 19.2. The van der Waals surface area contributed by atoms with Crippen molar-refractivity contribution >= 4 is 29.7 Å². The lowest BCUT2D eigenvalue weighted by Crippen LogP contribution is -2.48. The summed E-state index contributed by atoms with van der Waals surface area (Å²) in [4.78, 5) is 16.6. The third-order valence-corrected chi connectivity index (χ3v) is 4.32. The molecular weight excluding hydrogens is 341 g/mol. The summed E-state index contributed by atoms with van der Waals surface area (Å²) in [6.45, 7) is 5.51. The monoisotopic (exact) mass is 363 g/mol. The Morgan fingerprint density at radius 2 is 1.76 bits per heavy atom. The molecule has 2 aromatic carbocycles. The summed E-state index contributed by atoms with van der Waals surface area (Å²) in [5.74, 6) is -0.407. The van der Waals surface area contributed by atoms with E-state index in [2.05, 4.69) is 27.2 Å². The lowest BCUT2D eigenvalue weighted by molar-refractivity contribution is -0.117. The number of nitrogens with one attached hydrogen (secondary N) is 1. The fourth-order valence-corrected chi connectivity index (χ4v) is 2.88. The van der Waals surface area contributed by atoms with E-state index in [1.54, 1.807) is 19.1 Å². The van der Waals surface area contributed by atoms with Crippen LogP contribution in [-0.4, -0.2) is 43.5 Å². The van der Waals surface area contributed by atoms with Crippen LogP contribution in [0.15, 0.2) is 48.5 Å². The van der Waals surface area contributed by atoms with Crippen LogP contribution >= 0.6 is 12.4 Å². The molecule has 1 saturated heterocycles. The molecule has 1 amide bonds. The zero-order chi connectivity index (χ0) is 16.9. The number of para-hydroxylation sites is 1. The second-order valence-corrected chi connectivity index (χ2v) is 6.11. The van der Waals surface area contributed by atoms with Crippen molar-refractivity contribution in [2.75, 3.05) is 42.9 Å². The molecule has 0 atom stereocenters. The lowest BCUT2D eigenvalue weighted by atomic mass is 10.2. The number of rotatable bonds is 4. The molecule has 1 aliphatic heterocycles. The highest BCUT2D eigenvalue weighted by Gasteiger charge is 2.19. The van der Waals surface area contributed by atoms with Crippen LogP contribution in [0.3, 0.4) is 0 Å². The van der Waals surface area contributed by atoms with Crippen LogP contribution in [-0.2, 0) is 4.79 Å². The molecule has 0 bridgehead atoms. The van der Waals surface area contributed by atoms with E-state index in [-0.39, 0.29) is 24.1 Å². The number of aryl methyl sites for hydroxylation is 1. The molecule has 1 aliphatic rings. The molecule has 1 N–H and O–H groups in total. The first-order valence-electron chi connectivity index (χ1n) is 8.20. The summed E-state index contributed by atoms with van der Waals surface area (Å²) >= 11 is 0. The van der Waals surface area contributed by atoms with Crippen LogP contribution in [0.5, 0.6) is 0 Å². The van der Waals surface area contributed by atoms with Gasteiger partial charge in [-0.1, -0.05) is 24.3 Å². The number of halogens is 2. The lowest BCUT2D eigenvalue weighted by Gasteiger charge is -2.35. The number of carbonyl (C=O) groups excluding carboxylic acids is 1. The molecule has 0 spiro atoms. The van der Waals surface area contributed by atoms with E-state index >= 15 is 0 Å². The molecule has 134 valence electrons. The summed E-state index contributed by atoms with van der Waals surface area (Å²) in [5, 5.41) is 2.77. The number of anilines is 2. The standard InChI is InChI=1S/C19H22FN3O.ClH/c1-15-7-8-16(13-18(15)20)21-19(24)14-22-9-11-23(12-10-22)17-5-3-2-4-6-17;/h2-8,13H,9-12,14H2,1H3,(H,21,24);1H. The Bertz CT molecular complexity index is 703. The van der Waals surface area contributed by atoms with Crippen LogP contribution in [0, 0.1) is 12.7 Å². The zero-order valence-corrected chi connectivity index (χ0v) is 15.1. The number of benzene rings is 2. The van der Waals surface area contributed by atoms with Crippen molar-refractivity contribution in [3.63, 3.8) is 0 Å². The van der Waals surface area contributed by atoms with E-state index in [9.17, 15) is 9.18 Å².